The molecule has 0 aromatic heterocycles. The fourth-order valence-corrected chi connectivity index (χ4v) is 2.27. The molecule has 8 N–H and O–H groups in total. The van der Waals surface area contributed by atoms with E-state index in [4.69, 9.17) is 22.3 Å². The topological polar surface area (TPSA) is 169 Å². The molecule has 20 heavy (non-hydrogen) atoms. The maximum atomic E-state index is 11.7. The first-order valence-corrected chi connectivity index (χ1v) is 6.98. The Balaban J connectivity index is 2.92. The molecular weight excluding hydrogens is 284 g/mol. The predicted molar refractivity (Wildman–Crippen MR) is 75.8 cm³/mol. The zero-order chi connectivity index (χ0) is 15.2. The van der Waals surface area contributed by atoms with Crippen molar-refractivity contribution >= 4 is 27.6 Å². The quantitative estimate of drug-likeness (QED) is 0.316. The predicted octanol–water partition coefficient (Wildman–Crippen LogP) is -1.82. The number of aliphatic hydroxyl groups is 1. The smallest absolute Gasteiger partial charge is 0.240 e. The van der Waals surface area contributed by atoms with Crippen LogP contribution >= 0.6 is 0 Å². The molecule has 0 aliphatic heterocycles. The lowest BCUT2D eigenvalue weighted by atomic mass is 10.3. The molecule has 0 bridgehead atoms. The van der Waals surface area contributed by atoms with Gasteiger partial charge in [-0.05, 0) is 24.3 Å². The van der Waals surface area contributed by atoms with Gasteiger partial charge in [0.2, 0.25) is 16.0 Å². The van der Waals surface area contributed by atoms with Crippen molar-refractivity contribution in [3.63, 3.8) is 0 Å². The Kier molecular flexibility index (Phi) is 5.43. The molecule has 1 rings (SSSR count). The summed E-state index contributed by atoms with van der Waals surface area (Å²) in [6.45, 7) is -0.337. The number of sulfonamides is 1. The van der Waals surface area contributed by atoms with Crippen LogP contribution in [-0.4, -0.2) is 38.6 Å². The summed E-state index contributed by atoms with van der Waals surface area (Å²) in [4.78, 5) is 7.45. The van der Waals surface area contributed by atoms with Gasteiger partial charge in [-0.15, -0.1) is 0 Å². The van der Waals surface area contributed by atoms with Gasteiger partial charge < -0.3 is 22.3 Å². The third-order valence-corrected chi connectivity index (χ3v) is 3.52. The van der Waals surface area contributed by atoms with Gasteiger partial charge in [0.1, 0.15) is 0 Å². The van der Waals surface area contributed by atoms with E-state index in [0.29, 0.717) is 5.69 Å². The molecule has 0 aliphatic rings. The van der Waals surface area contributed by atoms with Crippen molar-refractivity contribution in [3.05, 3.63) is 24.3 Å². The number of aliphatic hydroxyl groups excluding tert-OH is 1. The highest BCUT2D eigenvalue weighted by atomic mass is 32.2. The lowest BCUT2D eigenvalue weighted by Crippen LogP contribution is -2.26. The molecule has 0 heterocycles. The minimum absolute atomic E-state index is 0.0466. The molecule has 0 radical (unpaired) electrons. The Labute approximate surface area is 116 Å². The number of nitrogens with zero attached hydrogens (tertiary/aromatic N) is 2. The van der Waals surface area contributed by atoms with Crippen LogP contribution in [0.5, 0.6) is 0 Å². The Morgan fingerprint density at radius 3 is 2.30 bits per heavy atom. The summed E-state index contributed by atoms with van der Waals surface area (Å²) in [6, 6.07) is 5.59. The van der Waals surface area contributed by atoms with E-state index in [2.05, 4.69) is 14.7 Å². The number of nitrogens with two attached hydrogens (primary N) is 3. The lowest BCUT2D eigenvalue weighted by molar-refractivity contribution is 0.301. The minimum Gasteiger partial charge on any atom is -0.395 e. The van der Waals surface area contributed by atoms with Crippen LogP contribution in [0.3, 0.4) is 0 Å². The van der Waals surface area contributed by atoms with Crippen molar-refractivity contribution in [1.29, 1.82) is 0 Å². The number of benzene rings is 1. The standard InChI is InChI=1S/C10H16N6O3S/c11-9(12)16-10(13)15-7-1-3-8(4-2-7)20(18,19)14-5-6-17/h1-4,14,17H,5-6H2,(H6,11,12,13,15,16). The maximum absolute atomic E-state index is 11.7. The van der Waals surface area contributed by atoms with Crippen molar-refractivity contribution in [2.75, 3.05) is 13.2 Å². The van der Waals surface area contributed by atoms with Crippen LogP contribution in [0.25, 0.3) is 0 Å². The van der Waals surface area contributed by atoms with Crippen LogP contribution in [0.15, 0.2) is 39.1 Å². The van der Waals surface area contributed by atoms with Crippen LogP contribution in [0.4, 0.5) is 5.69 Å². The van der Waals surface area contributed by atoms with E-state index >= 15 is 0 Å². The highest BCUT2D eigenvalue weighted by Crippen LogP contribution is 2.16. The summed E-state index contributed by atoms with van der Waals surface area (Å²) < 4.78 is 25.7. The number of hydrogen-bond donors (Lipinski definition) is 5. The van der Waals surface area contributed by atoms with Crippen molar-refractivity contribution in [3.8, 4) is 0 Å². The lowest BCUT2D eigenvalue weighted by Gasteiger charge is -2.05. The molecule has 0 spiro atoms. The zero-order valence-electron chi connectivity index (χ0n) is 10.5. The molecular formula is C10H16N6O3S. The van der Waals surface area contributed by atoms with Gasteiger partial charge in [-0.1, -0.05) is 0 Å². The third-order valence-electron chi connectivity index (χ3n) is 2.04. The number of guanidine groups is 2. The van der Waals surface area contributed by atoms with E-state index < -0.39 is 10.0 Å². The minimum atomic E-state index is -3.64. The fraction of sp³-hybridized carbons (Fsp3) is 0.200. The molecule has 1 aromatic rings. The largest absolute Gasteiger partial charge is 0.395 e. The summed E-state index contributed by atoms with van der Waals surface area (Å²) in [5.41, 5.74) is 16.1. The second-order valence-corrected chi connectivity index (χ2v) is 5.39. The second kappa shape index (κ2) is 6.84. The normalized spacial score (nSPS) is 12.2. The first-order chi connectivity index (χ1) is 9.35. The summed E-state index contributed by atoms with van der Waals surface area (Å²) in [5.74, 6) is -0.363. The van der Waals surface area contributed by atoms with E-state index in [9.17, 15) is 8.42 Å². The number of hydrogen-bond acceptors (Lipinski definition) is 4. The van der Waals surface area contributed by atoms with Gasteiger partial charge in [0, 0.05) is 6.54 Å². The van der Waals surface area contributed by atoms with Crippen molar-refractivity contribution < 1.29 is 13.5 Å². The molecule has 0 fully saturated rings. The van der Waals surface area contributed by atoms with Gasteiger partial charge in [-0.3, -0.25) is 0 Å². The Hall–Kier alpha value is -2.17. The van der Waals surface area contributed by atoms with Gasteiger partial charge in [-0.25, -0.2) is 18.1 Å². The Bertz CT molecular complexity index is 604. The van der Waals surface area contributed by atoms with E-state index in [1.165, 1.54) is 24.3 Å². The molecule has 10 heteroatoms. The van der Waals surface area contributed by atoms with Gasteiger partial charge in [0.15, 0.2) is 5.96 Å². The number of aliphatic imine (C=N–C) groups is 2. The van der Waals surface area contributed by atoms with E-state index in [1.54, 1.807) is 0 Å². The van der Waals surface area contributed by atoms with Gasteiger partial charge >= 0.3 is 0 Å². The zero-order valence-corrected chi connectivity index (χ0v) is 11.3. The van der Waals surface area contributed by atoms with Crippen LogP contribution in [0.1, 0.15) is 0 Å². The van der Waals surface area contributed by atoms with Crippen molar-refractivity contribution in [1.82, 2.24) is 4.72 Å². The van der Waals surface area contributed by atoms with Crippen molar-refractivity contribution in [2.24, 2.45) is 27.2 Å². The molecule has 0 unspecified atom stereocenters. The molecule has 0 aliphatic carbocycles. The summed E-state index contributed by atoms with van der Waals surface area (Å²) in [6.07, 6.45) is 0. The average Bonchev–Trinajstić information content (AvgIpc) is 2.36. The average molecular weight is 300 g/mol. The fourth-order valence-electron chi connectivity index (χ4n) is 1.25. The first kappa shape index (κ1) is 15.9. The maximum Gasteiger partial charge on any atom is 0.240 e. The molecule has 1 aromatic carbocycles. The Morgan fingerprint density at radius 2 is 1.80 bits per heavy atom. The highest BCUT2D eigenvalue weighted by Gasteiger charge is 2.12. The van der Waals surface area contributed by atoms with E-state index in [1.807, 2.05) is 0 Å². The summed E-state index contributed by atoms with van der Waals surface area (Å²) in [7, 11) is -3.64. The monoisotopic (exact) mass is 300 g/mol. The SMILES string of the molecule is NC(N)=NC(N)=Nc1ccc(S(=O)(=O)NCCO)cc1. The van der Waals surface area contributed by atoms with Crippen LogP contribution in [0.2, 0.25) is 0 Å². The highest BCUT2D eigenvalue weighted by molar-refractivity contribution is 7.89. The van der Waals surface area contributed by atoms with Crippen LogP contribution in [0, 0.1) is 0 Å². The summed E-state index contributed by atoms with van der Waals surface area (Å²) in [5, 5.41) is 8.60. The molecule has 0 atom stereocenters. The van der Waals surface area contributed by atoms with Gasteiger partial charge in [-0.2, -0.15) is 4.99 Å². The van der Waals surface area contributed by atoms with Crippen LogP contribution in [-0.2, 0) is 10.0 Å². The molecule has 0 saturated heterocycles. The van der Waals surface area contributed by atoms with Crippen LogP contribution < -0.4 is 21.9 Å². The Morgan fingerprint density at radius 1 is 1.20 bits per heavy atom. The third kappa shape index (κ3) is 4.84. The van der Waals surface area contributed by atoms with E-state index in [-0.39, 0.29) is 30.0 Å². The first-order valence-electron chi connectivity index (χ1n) is 5.49. The number of nitrogens with one attached hydrogen (secondary N) is 1. The van der Waals surface area contributed by atoms with Gasteiger partial charge in [0.25, 0.3) is 0 Å². The molecule has 0 amide bonds. The summed E-state index contributed by atoms with van der Waals surface area (Å²) >= 11 is 0. The molecule has 0 saturated carbocycles. The molecule has 9 nitrogen and oxygen atoms in total. The molecule has 110 valence electrons. The van der Waals surface area contributed by atoms with Crippen molar-refractivity contribution in [2.45, 2.75) is 4.90 Å². The van der Waals surface area contributed by atoms with Gasteiger partial charge in [0.05, 0.1) is 17.2 Å². The second-order valence-electron chi connectivity index (χ2n) is 3.62. The number of rotatable bonds is 5. The van der Waals surface area contributed by atoms with E-state index in [0.717, 1.165) is 0 Å².